The van der Waals surface area contributed by atoms with Crippen LogP contribution in [-0.4, -0.2) is 56.9 Å². The van der Waals surface area contributed by atoms with Crippen LogP contribution in [0.2, 0.25) is 0 Å². The molecule has 0 unspecified atom stereocenters. The number of hydrogen-bond donors (Lipinski definition) is 2. The van der Waals surface area contributed by atoms with Gasteiger partial charge in [-0.25, -0.2) is 24.3 Å². The Morgan fingerprint density at radius 2 is 2.03 bits per heavy atom. The lowest BCUT2D eigenvalue weighted by Gasteiger charge is -2.26. The molecule has 4 heterocycles. The van der Waals surface area contributed by atoms with Crippen LogP contribution in [0.1, 0.15) is 10.5 Å². The average Bonchev–Trinajstić information content (AvgIpc) is 3.44. The van der Waals surface area contributed by atoms with Crippen molar-refractivity contribution in [3.05, 3.63) is 46.8 Å². The number of anilines is 2. The van der Waals surface area contributed by atoms with E-state index in [0.29, 0.717) is 29.5 Å². The number of aromatic nitrogens is 4. The predicted molar refractivity (Wildman–Crippen MR) is 115 cm³/mol. The number of halogens is 1. The van der Waals surface area contributed by atoms with Gasteiger partial charge in [-0.1, -0.05) is 6.07 Å². The number of fused-ring (bicyclic) bond motifs is 1. The maximum absolute atomic E-state index is 14.4. The van der Waals surface area contributed by atoms with Gasteiger partial charge in [0.05, 0.1) is 21.9 Å². The topological polar surface area (TPSA) is 95.9 Å². The maximum Gasteiger partial charge on any atom is 0.273 e. The quantitative estimate of drug-likeness (QED) is 0.502. The summed E-state index contributed by atoms with van der Waals surface area (Å²) in [6.07, 6.45) is 1.13. The molecule has 5 rings (SSSR count). The summed E-state index contributed by atoms with van der Waals surface area (Å²) >= 11 is 2.77. The Kier molecular flexibility index (Phi) is 5.07. The highest BCUT2D eigenvalue weighted by molar-refractivity contribution is 7.16. The van der Waals surface area contributed by atoms with Gasteiger partial charge in [0.15, 0.2) is 10.9 Å². The monoisotopic (exact) mass is 441 g/mol. The number of nitrogens with one attached hydrogen (secondary N) is 2. The van der Waals surface area contributed by atoms with E-state index in [9.17, 15) is 9.18 Å². The van der Waals surface area contributed by atoms with Crippen molar-refractivity contribution >= 4 is 49.9 Å². The van der Waals surface area contributed by atoms with Gasteiger partial charge in [-0.2, -0.15) is 0 Å². The number of benzene rings is 1. The number of carbonyl (C=O) groups is 1. The first-order valence-electron chi connectivity index (χ1n) is 9.26. The van der Waals surface area contributed by atoms with Gasteiger partial charge >= 0.3 is 0 Å². The highest BCUT2D eigenvalue weighted by Gasteiger charge is 2.21. The molecule has 1 aromatic carbocycles. The smallest absolute Gasteiger partial charge is 0.273 e. The summed E-state index contributed by atoms with van der Waals surface area (Å²) in [5.74, 6) is -0.399. The van der Waals surface area contributed by atoms with Crippen LogP contribution < -0.4 is 10.6 Å². The first-order valence-corrected chi connectivity index (χ1v) is 11.0. The lowest BCUT2D eigenvalue weighted by atomic mass is 10.1. The molecule has 2 N–H and O–H groups in total. The van der Waals surface area contributed by atoms with E-state index in [1.807, 2.05) is 12.1 Å². The summed E-state index contributed by atoms with van der Waals surface area (Å²) < 4.78 is 15.4. The van der Waals surface area contributed by atoms with Gasteiger partial charge in [0.2, 0.25) is 5.95 Å². The van der Waals surface area contributed by atoms with Crippen molar-refractivity contribution in [2.75, 3.05) is 31.5 Å². The van der Waals surface area contributed by atoms with Crippen molar-refractivity contribution in [2.45, 2.75) is 0 Å². The van der Waals surface area contributed by atoms with E-state index in [2.05, 4.69) is 30.6 Å². The van der Waals surface area contributed by atoms with E-state index in [-0.39, 0.29) is 17.5 Å². The third kappa shape index (κ3) is 3.74. The maximum atomic E-state index is 14.4. The second-order valence-corrected chi connectivity index (χ2v) is 8.37. The second kappa shape index (κ2) is 8.01. The minimum absolute atomic E-state index is 0.0978. The van der Waals surface area contributed by atoms with Crippen LogP contribution in [0.4, 0.5) is 15.5 Å². The predicted octanol–water partition coefficient (Wildman–Crippen LogP) is 3.14. The van der Waals surface area contributed by atoms with E-state index in [1.54, 1.807) is 21.9 Å². The molecule has 0 aliphatic carbocycles. The van der Waals surface area contributed by atoms with Crippen molar-refractivity contribution < 1.29 is 9.18 Å². The van der Waals surface area contributed by atoms with Crippen molar-refractivity contribution in [1.82, 2.24) is 30.2 Å². The van der Waals surface area contributed by atoms with Crippen molar-refractivity contribution in [3.63, 3.8) is 0 Å². The molecule has 0 radical (unpaired) electrons. The zero-order valence-corrected chi connectivity index (χ0v) is 17.3. The Balaban J connectivity index is 1.37. The number of piperazine rings is 1. The highest BCUT2D eigenvalue weighted by atomic mass is 32.1. The van der Waals surface area contributed by atoms with E-state index in [4.69, 9.17) is 0 Å². The molecule has 1 aliphatic rings. The van der Waals surface area contributed by atoms with Crippen LogP contribution in [0.15, 0.2) is 35.3 Å². The lowest BCUT2D eigenvalue weighted by molar-refractivity contribution is 0.0731. The molecule has 0 saturated carbocycles. The van der Waals surface area contributed by atoms with Gasteiger partial charge in [-0.15, -0.1) is 22.7 Å². The number of rotatable bonds is 4. The Morgan fingerprint density at radius 3 is 2.90 bits per heavy atom. The molecule has 1 amide bonds. The average molecular weight is 442 g/mol. The summed E-state index contributed by atoms with van der Waals surface area (Å²) in [5.41, 5.74) is 3.82. The Hall–Kier alpha value is -3.02. The van der Waals surface area contributed by atoms with Gasteiger partial charge in [-0.3, -0.25) is 4.79 Å². The van der Waals surface area contributed by atoms with Crippen LogP contribution >= 0.6 is 22.7 Å². The summed E-state index contributed by atoms with van der Waals surface area (Å²) in [4.78, 5) is 31.3. The zero-order chi connectivity index (χ0) is 20.5. The van der Waals surface area contributed by atoms with Gasteiger partial charge in [0.1, 0.15) is 11.4 Å². The first kappa shape index (κ1) is 19.0. The molecule has 0 atom stereocenters. The molecule has 152 valence electrons. The van der Waals surface area contributed by atoms with Gasteiger partial charge in [-0.05, 0) is 12.1 Å². The Bertz CT molecular complexity index is 1220. The molecule has 30 heavy (non-hydrogen) atoms. The SMILES string of the molecule is O=C(c1csc(Nc2ncc(F)c(-c3ccc4ncsc4c3)n2)n1)N1CCNCC1. The summed E-state index contributed by atoms with van der Waals surface area (Å²) in [6.45, 7) is 2.88. The Labute approximate surface area is 178 Å². The fourth-order valence-electron chi connectivity index (χ4n) is 3.19. The molecule has 0 spiro atoms. The molecule has 0 bridgehead atoms. The molecule has 1 saturated heterocycles. The van der Waals surface area contributed by atoms with Crippen LogP contribution in [0.3, 0.4) is 0 Å². The highest BCUT2D eigenvalue weighted by Crippen LogP contribution is 2.28. The fraction of sp³-hybridized carbons (Fsp3) is 0.211. The molecule has 11 heteroatoms. The van der Waals surface area contributed by atoms with Gasteiger partial charge in [0.25, 0.3) is 5.91 Å². The Morgan fingerprint density at radius 1 is 1.17 bits per heavy atom. The summed E-state index contributed by atoms with van der Waals surface area (Å²) in [7, 11) is 0. The molecule has 1 aliphatic heterocycles. The molecule has 1 fully saturated rings. The van der Waals surface area contributed by atoms with E-state index >= 15 is 0 Å². The fourth-order valence-corrected chi connectivity index (χ4v) is 4.58. The molecular formula is C19H16FN7OS2. The van der Waals surface area contributed by atoms with Crippen molar-refractivity contribution in [3.8, 4) is 11.3 Å². The molecule has 3 aromatic heterocycles. The number of carbonyl (C=O) groups excluding carboxylic acids is 1. The molecular weight excluding hydrogens is 425 g/mol. The zero-order valence-electron chi connectivity index (χ0n) is 15.6. The number of amides is 1. The second-order valence-electron chi connectivity index (χ2n) is 6.63. The van der Waals surface area contributed by atoms with Crippen LogP contribution in [0.5, 0.6) is 0 Å². The first-order chi connectivity index (χ1) is 14.7. The normalized spacial score (nSPS) is 14.2. The van der Waals surface area contributed by atoms with Gasteiger partial charge in [0, 0.05) is 37.1 Å². The number of hydrogen-bond acceptors (Lipinski definition) is 9. The number of nitrogens with zero attached hydrogens (tertiary/aromatic N) is 5. The minimum Gasteiger partial charge on any atom is -0.335 e. The number of thiazole rings is 2. The van der Waals surface area contributed by atoms with Crippen LogP contribution in [0, 0.1) is 5.82 Å². The molecule has 4 aromatic rings. The van der Waals surface area contributed by atoms with Crippen molar-refractivity contribution in [1.29, 1.82) is 0 Å². The van der Waals surface area contributed by atoms with Crippen LogP contribution in [-0.2, 0) is 0 Å². The standard InChI is InChI=1S/C19H16FN7OS2/c20-12-8-22-18(25-16(12)11-1-2-13-15(7-11)30-10-23-13)26-19-24-14(9-29-19)17(28)27-5-3-21-4-6-27/h1-2,7-10,21H,3-6H2,(H,22,24,25,26). The summed E-state index contributed by atoms with van der Waals surface area (Å²) in [5, 5.41) is 8.37. The van der Waals surface area contributed by atoms with Crippen LogP contribution in [0.25, 0.3) is 21.5 Å². The van der Waals surface area contributed by atoms with Gasteiger partial charge < -0.3 is 15.5 Å². The third-order valence-corrected chi connectivity index (χ3v) is 6.24. The third-order valence-electron chi connectivity index (χ3n) is 4.70. The van der Waals surface area contributed by atoms with Crippen molar-refractivity contribution in [2.24, 2.45) is 0 Å². The van der Waals surface area contributed by atoms with E-state index < -0.39 is 5.82 Å². The lowest BCUT2D eigenvalue weighted by Crippen LogP contribution is -2.46. The largest absolute Gasteiger partial charge is 0.335 e. The van der Waals surface area contributed by atoms with E-state index in [0.717, 1.165) is 29.5 Å². The van der Waals surface area contributed by atoms with E-state index in [1.165, 1.54) is 22.7 Å². The summed E-state index contributed by atoms with van der Waals surface area (Å²) in [6, 6.07) is 5.48. The molecule has 8 nitrogen and oxygen atoms in total. The minimum atomic E-state index is -0.516.